The fourth-order valence-electron chi connectivity index (χ4n) is 0.994. The van der Waals surface area contributed by atoms with Gasteiger partial charge in [-0.25, -0.2) is 4.98 Å². The molecule has 3 nitrogen and oxygen atoms in total. The zero-order chi connectivity index (χ0) is 11.6. The zero-order valence-corrected chi connectivity index (χ0v) is 8.87. The van der Waals surface area contributed by atoms with Gasteiger partial charge in [0.1, 0.15) is 0 Å². The van der Waals surface area contributed by atoms with Gasteiger partial charge < -0.3 is 5.32 Å². The van der Waals surface area contributed by atoms with Gasteiger partial charge in [-0.05, 0) is 6.92 Å². The molecule has 0 saturated heterocycles. The monoisotopic (exact) mass is 238 g/mol. The van der Waals surface area contributed by atoms with E-state index < -0.39 is 17.2 Å². The summed E-state index contributed by atoms with van der Waals surface area (Å²) in [6, 6.07) is -0.448. The number of alkyl halides is 3. The van der Waals surface area contributed by atoms with Crippen molar-refractivity contribution < 1.29 is 18.0 Å². The van der Waals surface area contributed by atoms with E-state index in [9.17, 15) is 18.0 Å². The average Bonchev–Trinajstić information content (AvgIpc) is 2.48. The van der Waals surface area contributed by atoms with E-state index in [0.717, 1.165) is 6.20 Å². The van der Waals surface area contributed by atoms with E-state index in [2.05, 4.69) is 10.3 Å². The Balaban J connectivity index is 2.80. The van der Waals surface area contributed by atoms with Crippen molar-refractivity contribution in [3.05, 3.63) is 16.1 Å². The Morgan fingerprint density at radius 2 is 2.20 bits per heavy atom. The Hall–Kier alpha value is -1.11. The molecular formula is C8H9F3N2OS. The topological polar surface area (TPSA) is 42.0 Å². The summed E-state index contributed by atoms with van der Waals surface area (Å²) in [5, 5.41) is 1.59. The smallest absolute Gasteiger partial charge is 0.349 e. The molecule has 0 aromatic carbocycles. The number of thiazole rings is 1. The molecule has 1 aromatic heterocycles. The third-order valence-electron chi connectivity index (χ3n) is 1.61. The van der Waals surface area contributed by atoms with Crippen LogP contribution in [0.3, 0.4) is 0 Å². The van der Waals surface area contributed by atoms with Crippen LogP contribution in [0.5, 0.6) is 0 Å². The third-order valence-corrected chi connectivity index (χ3v) is 2.84. The number of hydrogen-bond acceptors (Lipinski definition) is 3. The van der Waals surface area contributed by atoms with Crippen LogP contribution in [0.2, 0.25) is 0 Å². The molecule has 15 heavy (non-hydrogen) atoms. The Kier molecular flexibility index (Phi) is 3.33. The van der Waals surface area contributed by atoms with E-state index in [1.165, 1.54) is 6.92 Å². The van der Waals surface area contributed by atoms with E-state index >= 15 is 0 Å². The van der Waals surface area contributed by atoms with Crippen molar-refractivity contribution in [1.29, 1.82) is 0 Å². The predicted molar refractivity (Wildman–Crippen MR) is 49.3 cm³/mol. The molecule has 1 N–H and O–H groups in total. The van der Waals surface area contributed by atoms with Crippen LogP contribution >= 0.6 is 11.3 Å². The summed E-state index contributed by atoms with van der Waals surface area (Å²) in [6.45, 7) is 2.91. The van der Waals surface area contributed by atoms with Crippen molar-refractivity contribution in [2.45, 2.75) is 26.1 Å². The fraction of sp³-hybridized carbons (Fsp3) is 0.500. The number of nitrogens with one attached hydrogen (secondary N) is 1. The second-order valence-electron chi connectivity index (χ2n) is 2.99. The molecule has 0 spiro atoms. The summed E-state index contributed by atoms with van der Waals surface area (Å²) in [4.78, 5) is 14.3. The highest BCUT2D eigenvalue weighted by Crippen LogP contribution is 2.34. The van der Waals surface area contributed by atoms with Crippen LogP contribution in [0.25, 0.3) is 0 Å². The maximum atomic E-state index is 12.2. The average molecular weight is 238 g/mol. The summed E-state index contributed by atoms with van der Waals surface area (Å²) in [5.41, 5.74) is 0. The second kappa shape index (κ2) is 4.18. The first-order valence-corrected chi connectivity index (χ1v) is 4.92. The quantitative estimate of drug-likeness (QED) is 0.859. The number of hydrogen-bond donors (Lipinski definition) is 1. The van der Waals surface area contributed by atoms with Crippen molar-refractivity contribution in [2.24, 2.45) is 0 Å². The molecule has 0 radical (unpaired) electrons. The largest absolute Gasteiger partial charge is 0.443 e. The van der Waals surface area contributed by atoms with Gasteiger partial charge in [0.25, 0.3) is 0 Å². The van der Waals surface area contributed by atoms with Gasteiger partial charge in [0.05, 0.1) is 6.04 Å². The van der Waals surface area contributed by atoms with Gasteiger partial charge in [0.2, 0.25) is 5.91 Å². The van der Waals surface area contributed by atoms with E-state index in [0.29, 0.717) is 16.2 Å². The van der Waals surface area contributed by atoms with Gasteiger partial charge in [-0.1, -0.05) is 0 Å². The molecule has 84 valence electrons. The Morgan fingerprint density at radius 1 is 1.60 bits per heavy atom. The minimum Gasteiger partial charge on any atom is -0.349 e. The first-order valence-electron chi connectivity index (χ1n) is 4.10. The van der Waals surface area contributed by atoms with Crippen LogP contribution in [-0.4, -0.2) is 10.9 Å². The van der Waals surface area contributed by atoms with Gasteiger partial charge >= 0.3 is 6.18 Å². The summed E-state index contributed by atoms with van der Waals surface area (Å²) in [6.07, 6.45) is -3.28. The third kappa shape index (κ3) is 3.19. The number of aromatic nitrogens is 1. The maximum absolute atomic E-state index is 12.2. The van der Waals surface area contributed by atoms with E-state index in [1.807, 2.05) is 0 Å². The molecule has 7 heteroatoms. The molecule has 0 saturated carbocycles. The van der Waals surface area contributed by atoms with Crippen molar-refractivity contribution >= 4 is 17.2 Å². The lowest BCUT2D eigenvalue weighted by Gasteiger charge is -2.08. The molecule has 1 unspecified atom stereocenters. The van der Waals surface area contributed by atoms with Gasteiger partial charge in [-0.3, -0.25) is 4.79 Å². The molecule has 0 fully saturated rings. The highest BCUT2D eigenvalue weighted by Gasteiger charge is 2.34. The standard InChI is InChI=1S/C8H9F3N2OS/c1-4(13-5(2)14)6-3-12-7(15-6)8(9,10)11/h3-4H,1-2H3,(H,13,14). The van der Waals surface area contributed by atoms with Crippen molar-refractivity contribution in [3.63, 3.8) is 0 Å². The first kappa shape index (κ1) is 12.0. The number of nitrogens with zero attached hydrogens (tertiary/aromatic N) is 1. The summed E-state index contributed by atoms with van der Waals surface area (Å²) < 4.78 is 36.6. The molecule has 1 heterocycles. The minimum atomic E-state index is -4.42. The summed E-state index contributed by atoms with van der Waals surface area (Å²) in [5.74, 6) is -0.288. The van der Waals surface area contributed by atoms with Crippen LogP contribution in [-0.2, 0) is 11.0 Å². The lowest BCUT2D eigenvalue weighted by molar-refractivity contribution is -0.137. The zero-order valence-electron chi connectivity index (χ0n) is 8.05. The lowest BCUT2D eigenvalue weighted by Crippen LogP contribution is -2.22. The highest BCUT2D eigenvalue weighted by atomic mass is 32.1. The molecule has 0 aliphatic heterocycles. The number of carbonyl (C=O) groups is 1. The molecule has 0 aliphatic rings. The second-order valence-corrected chi connectivity index (χ2v) is 4.05. The number of halogens is 3. The van der Waals surface area contributed by atoms with Crippen LogP contribution in [0.15, 0.2) is 6.20 Å². The van der Waals surface area contributed by atoms with Crippen LogP contribution < -0.4 is 5.32 Å². The first-order chi connectivity index (χ1) is 6.80. The van der Waals surface area contributed by atoms with Gasteiger partial charge in [0.15, 0.2) is 5.01 Å². The van der Waals surface area contributed by atoms with Gasteiger partial charge in [0, 0.05) is 18.0 Å². The molecule has 1 aromatic rings. The number of rotatable bonds is 2. The Labute approximate surface area is 88.3 Å². The molecule has 0 bridgehead atoms. The number of amides is 1. The maximum Gasteiger partial charge on any atom is 0.443 e. The number of carbonyl (C=O) groups excluding carboxylic acids is 1. The molecule has 0 aliphatic carbocycles. The molecule has 1 amide bonds. The minimum absolute atomic E-state index is 0.288. The predicted octanol–water partition coefficient (Wildman–Crippen LogP) is 2.36. The molecular weight excluding hydrogens is 229 g/mol. The van der Waals surface area contributed by atoms with Gasteiger partial charge in [-0.15, -0.1) is 11.3 Å². The SMILES string of the molecule is CC(=O)NC(C)c1cnc(C(F)(F)F)s1. The van der Waals surface area contributed by atoms with Crippen molar-refractivity contribution in [2.75, 3.05) is 0 Å². The lowest BCUT2D eigenvalue weighted by atomic mass is 10.3. The summed E-state index contributed by atoms with van der Waals surface area (Å²) in [7, 11) is 0. The van der Waals surface area contributed by atoms with Crippen LogP contribution in [0, 0.1) is 0 Å². The van der Waals surface area contributed by atoms with Crippen LogP contribution in [0.1, 0.15) is 29.8 Å². The molecule has 1 rings (SSSR count). The van der Waals surface area contributed by atoms with E-state index in [4.69, 9.17) is 0 Å². The van der Waals surface area contributed by atoms with Crippen molar-refractivity contribution in [1.82, 2.24) is 10.3 Å². The van der Waals surface area contributed by atoms with Crippen LogP contribution in [0.4, 0.5) is 13.2 Å². The van der Waals surface area contributed by atoms with E-state index in [-0.39, 0.29) is 5.91 Å². The fourth-order valence-corrected chi connectivity index (χ4v) is 1.78. The van der Waals surface area contributed by atoms with E-state index in [1.54, 1.807) is 6.92 Å². The Morgan fingerprint density at radius 3 is 2.60 bits per heavy atom. The normalized spacial score (nSPS) is 13.7. The summed E-state index contributed by atoms with van der Waals surface area (Å²) >= 11 is 0.539. The molecule has 1 atom stereocenters. The Bertz CT molecular complexity index is 361. The van der Waals surface area contributed by atoms with Gasteiger partial charge in [-0.2, -0.15) is 13.2 Å². The van der Waals surface area contributed by atoms with Crippen molar-refractivity contribution in [3.8, 4) is 0 Å². The highest BCUT2D eigenvalue weighted by molar-refractivity contribution is 7.11.